The molecule has 0 unspecified atom stereocenters. The topological polar surface area (TPSA) is 39.2 Å². The molecule has 0 atom stereocenters. The second-order valence-corrected chi connectivity index (χ2v) is 5.04. The van der Waals surface area contributed by atoms with Gasteiger partial charge in [-0.05, 0) is 47.5 Å². The zero-order valence-corrected chi connectivity index (χ0v) is 12.5. The maximum Gasteiger partial charge on any atom is 0.330 e. The number of hydrogen-bond acceptors (Lipinski definition) is 3. The third kappa shape index (κ3) is 3.43. The van der Waals surface area contributed by atoms with Crippen molar-refractivity contribution in [2.24, 2.45) is 0 Å². The molecule has 114 valence electrons. The second-order valence-electron chi connectivity index (χ2n) is 5.04. The number of aromatic nitrogens is 1. The van der Waals surface area contributed by atoms with Gasteiger partial charge >= 0.3 is 5.97 Å². The molecule has 0 radical (unpaired) electrons. The number of halogens is 1. The van der Waals surface area contributed by atoms with Gasteiger partial charge in [0.05, 0.1) is 12.6 Å². The molecular weight excluding hydrogens is 293 g/mol. The molecule has 23 heavy (non-hydrogen) atoms. The molecule has 0 aliphatic heterocycles. The summed E-state index contributed by atoms with van der Waals surface area (Å²) in [7, 11) is 1.34. The SMILES string of the molecule is COC(=O)/C=C/c1ccc2ncc(-c3cccc(F)c3)cc2c1. The van der Waals surface area contributed by atoms with Crippen LogP contribution >= 0.6 is 0 Å². The summed E-state index contributed by atoms with van der Waals surface area (Å²) >= 11 is 0. The minimum absolute atomic E-state index is 0.280. The monoisotopic (exact) mass is 307 g/mol. The van der Waals surface area contributed by atoms with Gasteiger partial charge in [-0.25, -0.2) is 9.18 Å². The molecule has 1 aromatic heterocycles. The molecular formula is C19H14FNO2. The van der Waals surface area contributed by atoms with Crippen LogP contribution in [0.1, 0.15) is 5.56 Å². The third-order valence-corrected chi connectivity index (χ3v) is 3.48. The van der Waals surface area contributed by atoms with Gasteiger partial charge in [0, 0.05) is 23.2 Å². The molecule has 0 amide bonds. The van der Waals surface area contributed by atoms with Crippen LogP contribution in [0.25, 0.3) is 28.1 Å². The van der Waals surface area contributed by atoms with Gasteiger partial charge < -0.3 is 4.74 Å². The predicted molar refractivity (Wildman–Crippen MR) is 88.2 cm³/mol. The number of carbonyl (C=O) groups excluding carboxylic acids is 1. The highest BCUT2D eigenvalue weighted by atomic mass is 19.1. The highest BCUT2D eigenvalue weighted by Crippen LogP contribution is 2.24. The van der Waals surface area contributed by atoms with Gasteiger partial charge in [-0.3, -0.25) is 4.98 Å². The molecule has 0 aliphatic rings. The lowest BCUT2D eigenvalue weighted by Gasteiger charge is -2.05. The lowest BCUT2D eigenvalue weighted by molar-refractivity contribution is -0.134. The lowest BCUT2D eigenvalue weighted by Crippen LogP contribution is -1.93. The van der Waals surface area contributed by atoms with Crippen molar-refractivity contribution in [3.05, 3.63) is 72.2 Å². The van der Waals surface area contributed by atoms with Gasteiger partial charge in [-0.15, -0.1) is 0 Å². The van der Waals surface area contributed by atoms with Crippen molar-refractivity contribution in [3.8, 4) is 11.1 Å². The molecule has 0 bridgehead atoms. The molecule has 0 aliphatic carbocycles. The van der Waals surface area contributed by atoms with Gasteiger partial charge in [0.1, 0.15) is 5.82 Å². The Morgan fingerprint density at radius 3 is 2.78 bits per heavy atom. The van der Waals surface area contributed by atoms with E-state index in [1.54, 1.807) is 18.3 Å². The quantitative estimate of drug-likeness (QED) is 0.537. The first-order valence-electron chi connectivity index (χ1n) is 7.07. The number of rotatable bonds is 3. The van der Waals surface area contributed by atoms with E-state index in [4.69, 9.17) is 0 Å². The molecule has 4 heteroatoms. The standard InChI is InChI=1S/C19H14FNO2/c1-23-19(22)8-6-13-5-7-18-15(9-13)10-16(12-21-18)14-3-2-4-17(20)11-14/h2-12H,1H3/b8-6+. The average Bonchev–Trinajstić information content (AvgIpc) is 2.59. The zero-order chi connectivity index (χ0) is 16.2. The molecule has 2 aromatic carbocycles. The summed E-state index contributed by atoms with van der Waals surface area (Å²) in [5.41, 5.74) is 3.31. The van der Waals surface area contributed by atoms with Crippen molar-refractivity contribution < 1.29 is 13.9 Å². The number of esters is 1. The number of benzene rings is 2. The minimum Gasteiger partial charge on any atom is -0.466 e. The fourth-order valence-corrected chi connectivity index (χ4v) is 2.31. The molecule has 0 saturated carbocycles. The van der Waals surface area contributed by atoms with Crippen LogP contribution in [-0.2, 0) is 9.53 Å². The molecule has 1 heterocycles. The summed E-state index contributed by atoms with van der Waals surface area (Å²) in [6.45, 7) is 0. The average molecular weight is 307 g/mol. The van der Waals surface area contributed by atoms with Crippen LogP contribution in [0, 0.1) is 5.82 Å². The van der Waals surface area contributed by atoms with Crippen LogP contribution in [0.2, 0.25) is 0 Å². The Bertz CT molecular complexity index is 903. The van der Waals surface area contributed by atoms with Gasteiger partial charge in [-0.2, -0.15) is 0 Å². The van der Waals surface area contributed by atoms with Gasteiger partial charge in [0.25, 0.3) is 0 Å². The summed E-state index contributed by atoms with van der Waals surface area (Å²) in [6, 6.07) is 14.0. The smallest absolute Gasteiger partial charge is 0.330 e. The first-order valence-corrected chi connectivity index (χ1v) is 7.07. The van der Waals surface area contributed by atoms with Gasteiger partial charge in [0.15, 0.2) is 0 Å². The predicted octanol–water partition coefficient (Wildman–Crippen LogP) is 4.23. The van der Waals surface area contributed by atoms with Crippen LogP contribution in [0.15, 0.2) is 60.8 Å². The van der Waals surface area contributed by atoms with Crippen molar-refractivity contribution in [1.29, 1.82) is 0 Å². The molecule has 0 fully saturated rings. The number of pyridine rings is 1. The van der Waals surface area contributed by atoms with E-state index in [0.717, 1.165) is 27.6 Å². The first kappa shape index (κ1) is 14.9. The van der Waals surface area contributed by atoms with E-state index in [-0.39, 0.29) is 5.82 Å². The van der Waals surface area contributed by atoms with E-state index in [0.29, 0.717) is 0 Å². The number of nitrogens with zero attached hydrogens (tertiary/aromatic N) is 1. The van der Waals surface area contributed by atoms with Crippen LogP contribution in [0.4, 0.5) is 4.39 Å². The third-order valence-electron chi connectivity index (χ3n) is 3.48. The van der Waals surface area contributed by atoms with Crippen molar-refractivity contribution in [2.45, 2.75) is 0 Å². The highest BCUT2D eigenvalue weighted by Gasteiger charge is 2.03. The van der Waals surface area contributed by atoms with E-state index in [2.05, 4.69) is 9.72 Å². The Labute approximate surface area is 133 Å². The number of carbonyl (C=O) groups is 1. The lowest BCUT2D eigenvalue weighted by atomic mass is 10.0. The minimum atomic E-state index is -0.406. The van der Waals surface area contributed by atoms with Crippen molar-refractivity contribution in [1.82, 2.24) is 4.98 Å². The number of ether oxygens (including phenoxy) is 1. The van der Waals surface area contributed by atoms with Crippen LogP contribution in [0.5, 0.6) is 0 Å². The summed E-state index contributed by atoms with van der Waals surface area (Å²) in [4.78, 5) is 15.6. The highest BCUT2D eigenvalue weighted by molar-refractivity contribution is 5.89. The van der Waals surface area contributed by atoms with E-state index in [1.807, 2.05) is 30.3 Å². The van der Waals surface area contributed by atoms with E-state index >= 15 is 0 Å². The fraction of sp³-hybridized carbons (Fsp3) is 0.0526. The van der Waals surface area contributed by atoms with Crippen molar-refractivity contribution >= 4 is 22.9 Å². The largest absolute Gasteiger partial charge is 0.466 e. The van der Waals surface area contributed by atoms with Crippen LogP contribution < -0.4 is 0 Å². The molecule has 0 N–H and O–H groups in total. The Hall–Kier alpha value is -3.01. The molecule has 3 rings (SSSR count). The van der Waals surface area contributed by atoms with E-state index in [1.165, 1.54) is 25.3 Å². The Morgan fingerprint density at radius 2 is 2.00 bits per heavy atom. The number of hydrogen-bond donors (Lipinski definition) is 0. The maximum atomic E-state index is 13.4. The summed E-state index contributed by atoms with van der Waals surface area (Å²) < 4.78 is 17.9. The number of fused-ring (bicyclic) bond motifs is 1. The molecule has 3 nitrogen and oxygen atoms in total. The summed E-state index contributed by atoms with van der Waals surface area (Å²) in [5.74, 6) is -0.686. The summed E-state index contributed by atoms with van der Waals surface area (Å²) in [6.07, 6.45) is 4.77. The Morgan fingerprint density at radius 1 is 1.13 bits per heavy atom. The zero-order valence-electron chi connectivity index (χ0n) is 12.5. The van der Waals surface area contributed by atoms with Gasteiger partial charge in [0.2, 0.25) is 0 Å². The maximum absolute atomic E-state index is 13.4. The summed E-state index contributed by atoms with van der Waals surface area (Å²) in [5, 5.41) is 0.916. The van der Waals surface area contributed by atoms with E-state index in [9.17, 15) is 9.18 Å². The van der Waals surface area contributed by atoms with Gasteiger partial charge in [-0.1, -0.05) is 18.2 Å². The normalized spacial score (nSPS) is 11.0. The molecule has 0 saturated heterocycles. The Balaban J connectivity index is 2.01. The number of methoxy groups -OCH3 is 1. The van der Waals surface area contributed by atoms with Crippen molar-refractivity contribution in [2.75, 3.05) is 7.11 Å². The van der Waals surface area contributed by atoms with E-state index < -0.39 is 5.97 Å². The molecule has 0 spiro atoms. The van der Waals surface area contributed by atoms with Crippen molar-refractivity contribution in [3.63, 3.8) is 0 Å². The molecule has 3 aromatic rings. The second kappa shape index (κ2) is 6.40. The van der Waals surface area contributed by atoms with Crippen LogP contribution in [0.3, 0.4) is 0 Å². The van der Waals surface area contributed by atoms with Crippen LogP contribution in [-0.4, -0.2) is 18.1 Å². The first-order chi connectivity index (χ1) is 11.2. The fourth-order valence-electron chi connectivity index (χ4n) is 2.31. The Kier molecular flexibility index (Phi) is 4.15.